The van der Waals surface area contributed by atoms with E-state index in [1.807, 2.05) is 6.92 Å². The van der Waals surface area contributed by atoms with E-state index in [9.17, 15) is 5.11 Å². The Labute approximate surface area is 160 Å². The van der Waals surface area contributed by atoms with Crippen LogP contribution in [0.4, 0.5) is 0 Å². The maximum absolute atomic E-state index is 9.63. The van der Waals surface area contributed by atoms with Gasteiger partial charge < -0.3 is 24.1 Å². The summed E-state index contributed by atoms with van der Waals surface area (Å²) >= 11 is 4.56. The summed E-state index contributed by atoms with van der Waals surface area (Å²) in [7, 11) is 0. The van der Waals surface area contributed by atoms with Crippen LogP contribution in [0, 0.1) is 0 Å². The van der Waals surface area contributed by atoms with E-state index in [2.05, 4.69) is 33.4 Å². The van der Waals surface area contributed by atoms with Crippen molar-refractivity contribution in [2.45, 2.75) is 90.0 Å². The van der Waals surface area contributed by atoms with Gasteiger partial charge in [0.2, 0.25) is 0 Å². The molecular weight excluding hydrogens is 340 g/mol. The average molecular weight is 381 g/mol. The SMILES string of the molecule is CCCCOC[C@H](OCCCC)[C@H](S)OC(CO)[C@H](C)OCCCC. The Morgan fingerprint density at radius 2 is 1.40 bits per heavy atom. The van der Waals surface area contributed by atoms with Gasteiger partial charge in [-0.05, 0) is 26.2 Å². The summed E-state index contributed by atoms with van der Waals surface area (Å²) in [5, 5.41) is 9.63. The molecule has 0 aliphatic carbocycles. The number of hydrogen-bond donors (Lipinski definition) is 2. The Morgan fingerprint density at radius 1 is 0.840 bits per heavy atom. The Hall–Kier alpha value is 0.150. The maximum Gasteiger partial charge on any atom is 0.129 e. The third-order valence-corrected chi connectivity index (χ3v) is 4.42. The van der Waals surface area contributed by atoms with E-state index in [0.717, 1.165) is 38.5 Å². The molecule has 6 heteroatoms. The summed E-state index contributed by atoms with van der Waals surface area (Å²) in [6.07, 6.45) is 5.40. The van der Waals surface area contributed by atoms with Gasteiger partial charge in [0, 0.05) is 19.8 Å². The fourth-order valence-electron chi connectivity index (χ4n) is 2.13. The molecule has 1 unspecified atom stereocenters. The molecule has 0 bridgehead atoms. The van der Waals surface area contributed by atoms with E-state index in [-0.39, 0.29) is 18.8 Å². The van der Waals surface area contributed by atoms with Gasteiger partial charge in [-0.2, -0.15) is 0 Å². The van der Waals surface area contributed by atoms with Crippen molar-refractivity contribution in [1.29, 1.82) is 0 Å². The van der Waals surface area contributed by atoms with Gasteiger partial charge in [0.1, 0.15) is 17.6 Å². The molecule has 0 radical (unpaired) electrons. The van der Waals surface area contributed by atoms with Gasteiger partial charge in [0.15, 0.2) is 0 Å². The van der Waals surface area contributed by atoms with Crippen molar-refractivity contribution in [3.63, 3.8) is 0 Å². The fourth-order valence-corrected chi connectivity index (χ4v) is 2.46. The Kier molecular flexibility index (Phi) is 17.7. The van der Waals surface area contributed by atoms with E-state index in [1.165, 1.54) is 0 Å². The largest absolute Gasteiger partial charge is 0.394 e. The van der Waals surface area contributed by atoms with E-state index < -0.39 is 11.5 Å². The number of aliphatic hydroxyl groups is 1. The fraction of sp³-hybridized carbons (Fsp3) is 1.00. The van der Waals surface area contributed by atoms with Gasteiger partial charge in [0.25, 0.3) is 0 Å². The van der Waals surface area contributed by atoms with Crippen LogP contribution in [-0.2, 0) is 18.9 Å². The van der Waals surface area contributed by atoms with Crippen LogP contribution in [0.3, 0.4) is 0 Å². The molecule has 0 aromatic rings. The molecule has 0 aliphatic heterocycles. The minimum atomic E-state index is -0.465. The van der Waals surface area contributed by atoms with Crippen LogP contribution < -0.4 is 0 Å². The van der Waals surface area contributed by atoms with E-state index >= 15 is 0 Å². The van der Waals surface area contributed by atoms with Gasteiger partial charge in [0.05, 0.1) is 19.3 Å². The summed E-state index contributed by atoms with van der Waals surface area (Å²) in [6.45, 7) is 10.7. The van der Waals surface area contributed by atoms with Crippen molar-refractivity contribution in [2.75, 3.05) is 33.0 Å². The lowest BCUT2D eigenvalue weighted by atomic mass is 10.2. The minimum absolute atomic E-state index is 0.108. The zero-order chi connectivity index (χ0) is 18.9. The lowest BCUT2D eigenvalue weighted by molar-refractivity contribution is -0.135. The molecule has 5 nitrogen and oxygen atoms in total. The molecule has 0 aliphatic rings. The molecule has 0 aromatic heterocycles. The maximum atomic E-state index is 9.63. The van der Waals surface area contributed by atoms with E-state index in [4.69, 9.17) is 18.9 Å². The van der Waals surface area contributed by atoms with Gasteiger partial charge >= 0.3 is 0 Å². The van der Waals surface area contributed by atoms with Gasteiger partial charge in [-0.15, -0.1) is 12.6 Å². The van der Waals surface area contributed by atoms with Gasteiger partial charge in [-0.25, -0.2) is 0 Å². The van der Waals surface area contributed by atoms with Crippen LogP contribution in [0.2, 0.25) is 0 Å². The average Bonchev–Trinajstić information content (AvgIpc) is 2.61. The smallest absolute Gasteiger partial charge is 0.129 e. The first-order chi connectivity index (χ1) is 12.1. The molecule has 1 N–H and O–H groups in total. The highest BCUT2D eigenvalue weighted by Crippen LogP contribution is 2.16. The predicted octanol–water partition coefficient (Wildman–Crippen LogP) is 3.83. The number of unbranched alkanes of at least 4 members (excludes halogenated alkanes) is 3. The molecule has 25 heavy (non-hydrogen) atoms. The minimum Gasteiger partial charge on any atom is -0.394 e. The van der Waals surface area contributed by atoms with Crippen molar-refractivity contribution in [3.8, 4) is 0 Å². The van der Waals surface area contributed by atoms with Crippen molar-refractivity contribution in [1.82, 2.24) is 0 Å². The summed E-state index contributed by atoms with van der Waals surface area (Å²) in [6, 6.07) is 0. The first-order valence-electron chi connectivity index (χ1n) is 9.85. The zero-order valence-corrected chi connectivity index (χ0v) is 17.5. The number of ether oxygens (including phenoxy) is 4. The topological polar surface area (TPSA) is 57.2 Å². The standard InChI is InChI=1S/C19H40O5S/c1-5-8-11-21-15-18(23-13-10-7-3)19(25)24-17(14-20)16(4)22-12-9-6-2/h16-20,25H,5-15H2,1-4H3/t16-,17?,18-,19-/m0/s1. The third-order valence-electron chi connectivity index (χ3n) is 3.97. The van der Waals surface area contributed by atoms with E-state index in [0.29, 0.717) is 26.4 Å². The molecule has 0 saturated carbocycles. The van der Waals surface area contributed by atoms with Gasteiger partial charge in [-0.3, -0.25) is 0 Å². The first-order valence-corrected chi connectivity index (χ1v) is 10.4. The van der Waals surface area contributed by atoms with E-state index in [1.54, 1.807) is 0 Å². The number of rotatable bonds is 18. The second kappa shape index (κ2) is 17.6. The summed E-state index contributed by atoms with van der Waals surface area (Å²) < 4.78 is 23.3. The molecule has 0 heterocycles. The summed E-state index contributed by atoms with van der Waals surface area (Å²) in [5.41, 5.74) is -0.465. The highest BCUT2D eigenvalue weighted by molar-refractivity contribution is 7.80. The highest BCUT2D eigenvalue weighted by atomic mass is 32.1. The third kappa shape index (κ3) is 13.0. The number of aliphatic hydroxyl groups excluding tert-OH is 1. The Morgan fingerprint density at radius 3 is 1.96 bits per heavy atom. The lowest BCUT2D eigenvalue weighted by Crippen LogP contribution is -2.41. The van der Waals surface area contributed by atoms with Crippen molar-refractivity contribution in [3.05, 3.63) is 0 Å². The molecular formula is C19H40O5S. The monoisotopic (exact) mass is 380 g/mol. The van der Waals surface area contributed by atoms with Crippen molar-refractivity contribution in [2.24, 2.45) is 0 Å². The van der Waals surface area contributed by atoms with Crippen LogP contribution >= 0.6 is 12.6 Å². The van der Waals surface area contributed by atoms with Crippen LogP contribution in [0.15, 0.2) is 0 Å². The van der Waals surface area contributed by atoms with Crippen molar-refractivity contribution < 1.29 is 24.1 Å². The normalized spacial score (nSPS) is 16.6. The number of hydrogen-bond acceptors (Lipinski definition) is 6. The Bertz CT molecular complexity index is 281. The molecule has 152 valence electrons. The second-order valence-electron chi connectivity index (χ2n) is 6.37. The molecule has 0 saturated heterocycles. The lowest BCUT2D eigenvalue weighted by Gasteiger charge is -2.30. The molecule has 0 aromatic carbocycles. The van der Waals surface area contributed by atoms with Crippen LogP contribution in [0.5, 0.6) is 0 Å². The quantitative estimate of drug-likeness (QED) is 0.215. The highest BCUT2D eigenvalue weighted by Gasteiger charge is 2.26. The van der Waals surface area contributed by atoms with Gasteiger partial charge in [-0.1, -0.05) is 40.0 Å². The zero-order valence-electron chi connectivity index (χ0n) is 16.6. The summed E-state index contributed by atoms with van der Waals surface area (Å²) in [5.74, 6) is 0. The molecule has 0 amide bonds. The number of thiol groups is 1. The Balaban J connectivity index is 4.46. The molecule has 0 rings (SSSR count). The predicted molar refractivity (Wildman–Crippen MR) is 105 cm³/mol. The molecule has 4 atom stereocenters. The van der Waals surface area contributed by atoms with Crippen LogP contribution in [-0.4, -0.2) is 61.9 Å². The molecule has 0 spiro atoms. The van der Waals surface area contributed by atoms with Crippen molar-refractivity contribution >= 4 is 12.6 Å². The first kappa shape index (κ1) is 25.1. The second-order valence-corrected chi connectivity index (χ2v) is 6.88. The summed E-state index contributed by atoms with van der Waals surface area (Å²) in [4.78, 5) is 0. The van der Waals surface area contributed by atoms with Crippen LogP contribution in [0.1, 0.15) is 66.2 Å². The van der Waals surface area contributed by atoms with Crippen LogP contribution in [0.25, 0.3) is 0 Å². The molecule has 0 fully saturated rings.